The molecule has 1 aliphatic rings. The number of hydrogen-bond donors (Lipinski definition) is 2. The lowest BCUT2D eigenvalue weighted by atomic mass is 10.0. The van der Waals surface area contributed by atoms with Crippen LogP contribution in [-0.4, -0.2) is 36.5 Å². The highest BCUT2D eigenvalue weighted by Gasteiger charge is 2.22. The molecule has 0 bridgehead atoms. The fraction of sp³-hybridized carbons (Fsp3) is 0.261. The molecular formula is C23H24ClN5O3S. The molecule has 2 N–H and O–H groups in total. The predicted octanol–water partition coefficient (Wildman–Crippen LogP) is 4.37. The Morgan fingerprint density at radius 3 is 2.64 bits per heavy atom. The number of carbonyl (C=O) groups excluding carboxylic acids is 1. The van der Waals surface area contributed by atoms with Crippen molar-refractivity contribution in [3.63, 3.8) is 0 Å². The minimum Gasteiger partial charge on any atom is -0.322 e. The molecule has 0 spiro atoms. The van der Waals surface area contributed by atoms with Gasteiger partial charge in [0, 0.05) is 23.7 Å². The molecule has 0 aliphatic carbocycles. The molecule has 33 heavy (non-hydrogen) atoms. The Labute approximate surface area is 197 Å². The van der Waals surface area contributed by atoms with Crippen molar-refractivity contribution >= 4 is 39.1 Å². The van der Waals surface area contributed by atoms with E-state index in [0.717, 1.165) is 17.8 Å². The number of nitrogens with zero attached hydrogens (tertiary/aromatic N) is 3. The molecule has 0 radical (unpaired) electrons. The van der Waals surface area contributed by atoms with Gasteiger partial charge >= 0.3 is 0 Å². The van der Waals surface area contributed by atoms with E-state index in [1.165, 1.54) is 18.3 Å². The fourth-order valence-corrected chi connectivity index (χ4v) is 5.00. The van der Waals surface area contributed by atoms with E-state index in [1.54, 1.807) is 28.9 Å². The van der Waals surface area contributed by atoms with Crippen molar-refractivity contribution in [1.82, 2.24) is 14.5 Å². The van der Waals surface area contributed by atoms with Crippen LogP contribution in [0.5, 0.6) is 0 Å². The number of carbonyl (C=O) groups is 1. The summed E-state index contributed by atoms with van der Waals surface area (Å²) in [6.45, 7) is 4.56. The number of rotatable bonds is 6. The molecule has 0 saturated carbocycles. The summed E-state index contributed by atoms with van der Waals surface area (Å²) in [4.78, 5) is 17.3. The van der Waals surface area contributed by atoms with Gasteiger partial charge < -0.3 is 5.32 Å². The molecule has 1 amide bonds. The van der Waals surface area contributed by atoms with Gasteiger partial charge in [0.25, 0.3) is 15.9 Å². The Hall–Kier alpha value is -3.17. The zero-order chi connectivity index (χ0) is 23.6. The summed E-state index contributed by atoms with van der Waals surface area (Å²) in [6.07, 6.45) is 2.94. The average molecular weight is 486 g/mol. The molecule has 1 aromatic heterocycles. The van der Waals surface area contributed by atoms with Crippen molar-refractivity contribution in [3.8, 4) is 5.69 Å². The highest BCUT2D eigenvalue weighted by Crippen LogP contribution is 2.26. The maximum absolute atomic E-state index is 13.1. The van der Waals surface area contributed by atoms with Crippen LogP contribution in [0.1, 0.15) is 48.7 Å². The van der Waals surface area contributed by atoms with E-state index in [2.05, 4.69) is 20.1 Å². The number of sulfonamides is 1. The Balaban J connectivity index is 1.60. The maximum Gasteiger partial charge on any atom is 0.262 e. The van der Waals surface area contributed by atoms with E-state index in [-0.39, 0.29) is 16.7 Å². The lowest BCUT2D eigenvalue weighted by Crippen LogP contribution is -2.29. The van der Waals surface area contributed by atoms with Gasteiger partial charge in [0.05, 0.1) is 28.0 Å². The number of amidine groups is 1. The van der Waals surface area contributed by atoms with Crippen LogP contribution in [0.2, 0.25) is 5.02 Å². The summed E-state index contributed by atoms with van der Waals surface area (Å²) in [5, 5.41) is 7.77. The quantitative estimate of drug-likeness (QED) is 0.540. The van der Waals surface area contributed by atoms with Crippen LogP contribution in [0.3, 0.4) is 0 Å². The van der Waals surface area contributed by atoms with Gasteiger partial charge in [-0.25, -0.2) is 13.1 Å². The summed E-state index contributed by atoms with van der Waals surface area (Å²) in [5.41, 5.74) is 2.23. The van der Waals surface area contributed by atoms with Gasteiger partial charge in [-0.3, -0.25) is 14.5 Å². The normalized spacial score (nSPS) is 13.8. The molecular weight excluding hydrogens is 462 g/mol. The number of benzene rings is 2. The van der Waals surface area contributed by atoms with Crippen molar-refractivity contribution in [1.29, 1.82) is 0 Å². The number of halogens is 1. The van der Waals surface area contributed by atoms with Gasteiger partial charge in [0.2, 0.25) is 0 Å². The van der Waals surface area contributed by atoms with Crippen molar-refractivity contribution < 1.29 is 13.2 Å². The molecule has 2 heterocycles. The first-order chi connectivity index (χ1) is 15.7. The van der Waals surface area contributed by atoms with Crippen LogP contribution in [0.4, 0.5) is 5.69 Å². The standard InChI is InChI=1S/C23H24ClN5O3S/c1-15(2)22-20(14-26-29(22)18-8-3-6-16(24)12-18)23(30)27-17-7-4-9-19(13-17)33(31,32)28-21-10-5-11-25-21/h3-4,6-9,12-15H,5,10-11H2,1-2H3,(H,25,28)(H,27,30). The van der Waals surface area contributed by atoms with Crippen LogP contribution in [-0.2, 0) is 10.0 Å². The molecule has 172 valence electrons. The van der Waals surface area contributed by atoms with Gasteiger partial charge in [-0.1, -0.05) is 37.6 Å². The van der Waals surface area contributed by atoms with Gasteiger partial charge in [-0.2, -0.15) is 5.10 Å². The topological polar surface area (TPSA) is 105 Å². The van der Waals surface area contributed by atoms with Gasteiger partial charge in [-0.05, 0) is 48.7 Å². The van der Waals surface area contributed by atoms with Crippen LogP contribution in [0.15, 0.2) is 64.6 Å². The number of nitrogens with one attached hydrogen (secondary N) is 2. The van der Waals surface area contributed by atoms with E-state index >= 15 is 0 Å². The molecule has 8 nitrogen and oxygen atoms in total. The van der Waals surface area contributed by atoms with Gasteiger partial charge in [-0.15, -0.1) is 0 Å². The molecule has 3 aromatic rings. The van der Waals surface area contributed by atoms with Gasteiger partial charge in [0.15, 0.2) is 0 Å². The van der Waals surface area contributed by atoms with Gasteiger partial charge in [0.1, 0.15) is 5.84 Å². The van der Waals surface area contributed by atoms with E-state index in [4.69, 9.17) is 11.6 Å². The Bertz CT molecular complexity index is 1330. The van der Waals surface area contributed by atoms with Crippen LogP contribution < -0.4 is 10.0 Å². The highest BCUT2D eigenvalue weighted by molar-refractivity contribution is 7.90. The van der Waals surface area contributed by atoms with Crippen LogP contribution in [0.25, 0.3) is 5.69 Å². The summed E-state index contributed by atoms with van der Waals surface area (Å²) in [5.74, 6) is 0.0735. The Kier molecular flexibility index (Phi) is 6.53. The third-order valence-electron chi connectivity index (χ3n) is 5.18. The molecule has 0 saturated heterocycles. The van der Waals surface area contributed by atoms with E-state index in [1.807, 2.05) is 26.0 Å². The average Bonchev–Trinajstić information content (AvgIpc) is 3.43. The smallest absolute Gasteiger partial charge is 0.262 e. The highest BCUT2D eigenvalue weighted by atomic mass is 35.5. The number of aliphatic imine (C=N–C) groups is 1. The number of amides is 1. The zero-order valence-electron chi connectivity index (χ0n) is 18.2. The van der Waals surface area contributed by atoms with E-state index in [0.29, 0.717) is 35.1 Å². The third-order valence-corrected chi connectivity index (χ3v) is 6.79. The first-order valence-corrected chi connectivity index (χ1v) is 12.4. The Morgan fingerprint density at radius 2 is 1.94 bits per heavy atom. The van der Waals surface area contributed by atoms with E-state index < -0.39 is 10.0 Å². The third kappa shape index (κ3) is 5.09. The van der Waals surface area contributed by atoms with Crippen molar-refractivity contribution in [3.05, 3.63) is 71.0 Å². The zero-order valence-corrected chi connectivity index (χ0v) is 19.8. The SMILES string of the molecule is CC(C)c1c(C(=O)Nc2cccc(S(=O)(=O)NC3=NCCC3)c2)cnn1-c1cccc(Cl)c1. The molecule has 0 fully saturated rings. The minimum atomic E-state index is -3.79. The molecule has 1 aliphatic heterocycles. The fourth-order valence-electron chi connectivity index (χ4n) is 3.68. The second-order valence-corrected chi connectivity index (χ2v) is 10.1. The maximum atomic E-state index is 13.1. The second kappa shape index (κ2) is 9.36. The molecule has 2 aromatic carbocycles. The van der Waals surface area contributed by atoms with Crippen molar-refractivity contribution in [2.24, 2.45) is 4.99 Å². The van der Waals surface area contributed by atoms with Crippen molar-refractivity contribution in [2.45, 2.75) is 37.5 Å². The van der Waals surface area contributed by atoms with Crippen LogP contribution >= 0.6 is 11.6 Å². The predicted molar refractivity (Wildman–Crippen MR) is 129 cm³/mol. The molecule has 10 heteroatoms. The number of hydrogen-bond acceptors (Lipinski definition) is 5. The van der Waals surface area contributed by atoms with Crippen LogP contribution in [0, 0.1) is 0 Å². The lowest BCUT2D eigenvalue weighted by molar-refractivity contribution is 0.102. The summed E-state index contributed by atoms with van der Waals surface area (Å²) in [7, 11) is -3.79. The van der Waals surface area contributed by atoms with E-state index in [9.17, 15) is 13.2 Å². The number of aromatic nitrogens is 2. The molecule has 0 unspecified atom stereocenters. The minimum absolute atomic E-state index is 0.00432. The second-order valence-electron chi connectivity index (χ2n) is 8.01. The molecule has 4 rings (SSSR count). The largest absolute Gasteiger partial charge is 0.322 e. The van der Waals surface area contributed by atoms with Crippen molar-refractivity contribution in [2.75, 3.05) is 11.9 Å². The Morgan fingerprint density at radius 1 is 1.15 bits per heavy atom. The first-order valence-electron chi connectivity index (χ1n) is 10.6. The summed E-state index contributed by atoms with van der Waals surface area (Å²) >= 11 is 6.13. The lowest BCUT2D eigenvalue weighted by Gasteiger charge is -2.14. The monoisotopic (exact) mass is 485 g/mol. The summed E-state index contributed by atoms with van der Waals surface area (Å²) < 4.78 is 29.6. The number of anilines is 1. The summed E-state index contributed by atoms with van der Waals surface area (Å²) in [6, 6.07) is 13.4. The first kappa shape index (κ1) is 23.0. The molecule has 0 atom stereocenters.